The van der Waals surface area contributed by atoms with Crippen LogP contribution >= 0.6 is 0 Å². The van der Waals surface area contributed by atoms with Crippen LogP contribution in [0.2, 0.25) is 0 Å². The molecule has 2 rings (SSSR count). The Morgan fingerprint density at radius 1 is 1.44 bits per heavy atom. The van der Waals surface area contributed by atoms with Crippen molar-refractivity contribution in [3.63, 3.8) is 0 Å². The van der Waals surface area contributed by atoms with Crippen molar-refractivity contribution in [1.29, 1.82) is 0 Å². The molecule has 0 aromatic rings. The van der Waals surface area contributed by atoms with Crippen LogP contribution in [0.3, 0.4) is 0 Å². The Morgan fingerprint density at radius 3 is 2.67 bits per heavy atom. The molecule has 104 valence electrons. The maximum absolute atomic E-state index is 12.0. The summed E-state index contributed by atoms with van der Waals surface area (Å²) in [5.41, 5.74) is -0.699. The standard InChI is InChI=1S/C13H24N2O3/c1-2-15(11-3-4-11)12(16)9-14-10-13(17)5-7-18-8-6-13/h11,14,17H,2-10H2,1H3. The molecule has 2 fully saturated rings. The highest BCUT2D eigenvalue weighted by Crippen LogP contribution is 2.26. The lowest BCUT2D eigenvalue weighted by Crippen LogP contribution is -2.48. The number of ether oxygens (including phenoxy) is 1. The minimum Gasteiger partial charge on any atom is -0.388 e. The molecule has 0 radical (unpaired) electrons. The van der Waals surface area contributed by atoms with Crippen molar-refractivity contribution < 1.29 is 14.6 Å². The van der Waals surface area contributed by atoms with Crippen LogP contribution < -0.4 is 5.32 Å². The Labute approximate surface area is 108 Å². The van der Waals surface area contributed by atoms with Crippen molar-refractivity contribution in [1.82, 2.24) is 10.2 Å². The second kappa shape index (κ2) is 5.99. The van der Waals surface area contributed by atoms with Gasteiger partial charge in [0.1, 0.15) is 0 Å². The summed E-state index contributed by atoms with van der Waals surface area (Å²) in [4.78, 5) is 13.9. The van der Waals surface area contributed by atoms with Crippen LogP contribution in [-0.2, 0) is 9.53 Å². The third-order valence-electron chi connectivity index (χ3n) is 3.80. The number of hydrogen-bond acceptors (Lipinski definition) is 4. The summed E-state index contributed by atoms with van der Waals surface area (Å²) >= 11 is 0. The van der Waals surface area contributed by atoms with E-state index in [9.17, 15) is 9.90 Å². The summed E-state index contributed by atoms with van der Waals surface area (Å²) in [5, 5.41) is 13.3. The normalized spacial score (nSPS) is 22.8. The van der Waals surface area contributed by atoms with Gasteiger partial charge in [0, 0.05) is 45.2 Å². The van der Waals surface area contributed by atoms with E-state index in [0.717, 1.165) is 19.4 Å². The molecule has 0 aromatic heterocycles. The molecule has 0 bridgehead atoms. The van der Waals surface area contributed by atoms with E-state index in [1.807, 2.05) is 11.8 Å². The molecular weight excluding hydrogens is 232 g/mol. The second-order valence-electron chi connectivity index (χ2n) is 5.35. The van der Waals surface area contributed by atoms with Crippen molar-refractivity contribution >= 4 is 5.91 Å². The number of rotatable bonds is 6. The zero-order valence-electron chi connectivity index (χ0n) is 11.2. The highest BCUT2D eigenvalue weighted by molar-refractivity contribution is 5.78. The number of amides is 1. The Morgan fingerprint density at radius 2 is 2.11 bits per heavy atom. The molecule has 5 heteroatoms. The van der Waals surface area contributed by atoms with Crippen LogP contribution in [0.5, 0.6) is 0 Å². The molecule has 2 N–H and O–H groups in total. The lowest BCUT2D eigenvalue weighted by atomic mass is 9.94. The van der Waals surface area contributed by atoms with Crippen LogP contribution in [-0.4, -0.2) is 60.4 Å². The monoisotopic (exact) mass is 256 g/mol. The van der Waals surface area contributed by atoms with Gasteiger partial charge in [-0.1, -0.05) is 0 Å². The van der Waals surface area contributed by atoms with Crippen LogP contribution in [0.25, 0.3) is 0 Å². The quantitative estimate of drug-likeness (QED) is 0.709. The summed E-state index contributed by atoms with van der Waals surface area (Å²) < 4.78 is 5.22. The second-order valence-corrected chi connectivity index (χ2v) is 5.35. The third kappa shape index (κ3) is 3.67. The number of aliphatic hydroxyl groups is 1. The first-order chi connectivity index (χ1) is 8.64. The maximum atomic E-state index is 12.0. The predicted molar refractivity (Wildman–Crippen MR) is 68.3 cm³/mol. The van der Waals surface area contributed by atoms with Gasteiger partial charge in [0.25, 0.3) is 0 Å². The Bertz CT molecular complexity index is 286. The lowest BCUT2D eigenvalue weighted by molar-refractivity contribution is -0.130. The summed E-state index contributed by atoms with van der Waals surface area (Å²) in [7, 11) is 0. The van der Waals surface area contributed by atoms with Crippen molar-refractivity contribution in [2.24, 2.45) is 0 Å². The topological polar surface area (TPSA) is 61.8 Å². The largest absolute Gasteiger partial charge is 0.388 e. The number of carbonyl (C=O) groups excluding carboxylic acids is 1. The number of carbonyl (C=O) groups is 1. The van der Waals surface area contributed by atoms with E-state index in [1.54, 1.807) is 0 Å². The zero-order valence-corrected chi connectivity index (χ0v) is 11.2. The van der Waals surface area contributed by atoms with Crippen LogP contribution in [0, 0.1) is 0 Å². The molecule has 1 heterocycles. The molecule has 1 saturated heterocycles. The predicted octanol–water partition coefficient (Wildman–Crippen LogP) is 0.128. The summed E-state index contributed by atoms with van der Waals surface area (Å²) in [6.07, 6.45) is 3.57. The average molecular weight is 256 g/mol. The lowest BCUT2D eigenvalue weighted by Gasteiger charge is -2.32. The van der Waals surface area contributed by atoms with E-state index in [0.29, 0.717) is 45.2 Å². The molecule has 0 atom stereocenters. The summed E-state index contributed by atoms with van der Waals surface area (Å²) in [5.74, 6) is 0.149. The smallest absolute Gasteiger partial charge is 0.236 e. The highest BCUT2D eigenvalue weighted by Gasteiger charge is 2.32. The van der Waals surface area contributed by atoms with Crippen LogP contribution in [0.15, 0.2) is 0 Å². The summed E-state index contributed by atoms with van der Waals surface area (Å²) in [6, 6.07) is 0.468. The number of nitrogens with zero attached hydrogens (tertiary/aromatic N) is 1. The third-order valence-corrected chi connectivity index (χ3v) is 3.80. The Kier molecular flexibility index (Phi) is 4.59. The molecule has 2 aliphatic rings. The number of nitrogens with one attached hydrogen (secondary N) is 1. The van der Waals surface area contributed by atoms with Gasteiger partial charge in [-0.05, 0) is 19.8 Å². The first-order valence-corrected chi connectivity index (χ1v) is 6.95. The minimum atomic E-state index is -0.699. The minimum absolute atomic E-state index is 0.149. The molecule has 5 nitrogen and oxygen atoms in total. The zero-order chi connectivity index (χ0) is 13.0. The van der Waals surface area contributed by atoms with Crippen LogP contribution in [0.1, 0.15) is 32.6 Å². The molecule has 1 amide bonds. The average Bonchev–Trinajstić information content (AvgIpc) is 3.15. The van der Waals surface area contributed by atoms with Gasteiger partial charge in [-0.25, -0.2) is 0 Å². The molecule has 0 spiro atoms. The van der Waals surface area contributed by atoms with Gasteiger partial charge in [0.2, 0.25) is 5.91 Å². The van der Waals surface area contributed by atoms with Crippen molar-refractivity contribution in [3.8, 4) is 0 Å². The SMILES string of the molecule is CCN(C(=O)CNCC1(O)CCOCC1)C1CC1. The molecule has 1 aliphatic heterocycles. The summed E-state index contributed by atoms with van der Waals surface area (Å²) in [6.45, 7) is 4.81. The van der Waals surface area contributed by atoms with E-state index in [2.05, 4.69) is 5.32 Å². The van der Waals surface area contributed by atoms with E-state index >= 15 is 0 Å². The fraction of sp³-hybridized carbons (Fsp3) is 0.923. The van der Waals surface area contributed by atoms with E-state index < -0.39 is 5.60 Å². The van der Waals surface area contributed by atoms with Gasteiger partial charge < -0.3 is 20.1 Å². The molecule has 0 unspecified atom stereocenters. The van der Waals surface area contributed by atoms with Crippen molar-refractivity contribution in [2.75, 3.05) is 32.8 Å². The van der Waals surface area contributed by atoms with E-state index in [4.69, 9.17) is 4.74 Å². The molecule has 0 aromatic carbocycles. The highest BCUT2D eigenvalue weighted by atomic mass is 16.5. The molecule has 1 saturated carbocycles. The van der Waals surface area contributed by atoms with Gasteiger partial charge in [-0.3, -0.25) is 4.79 Å². The molecule has 1 aliphatic carbocycles. The van der Waals surface area contributed by atoms with Gasteiger partial charge >= 0.3 is 0 Å². The van der Waals surface area contributed by atoms with Gasteiger partial charge in [0.05, 0.1) is 12.1 Å². The van der Waals surface area contributed by atoms with Crippen molar-refractivity contribution in [3.05, 3.63) is 0 Å². The van der Waals surface area contributed by atoms with Gasteiger partial charge in [0.15, 0.2) is 0 Å². The Hall–Kier alpha value is -0.650. The maximum Gasteiger partial charge on any atom is 0.236 e. The van der Waals surface area contributed by atoms with E-state index in [1.165, 1.54) is 0 Å². The van der Waals surface area contributed by atoms with Gasteiger partial charge in [-0.15, -0.1) is 0 Å². The fourth-order valence-electron chi connectivity index (χ4n) is 2.46. The first-order valence-electron chi connectivity index (χ1n) is 6.95. The van der Waals surface area contributed by atoms with E-state index in [-0.39, 0.29) is 5.91 Å². The first kappa shape index (κ1) is 13.8. The van der Waals surface area contributed by atoms with Crippen molar-refractivity contribution in [2.45, 2.75) is 44.2 Å². The molecule has 18 heavy (non-hydrogen) atoms. The van der Waals surface area contributed by atoms with Gasteiger partial charge in [-0.2, -0.15) is 0 Å². The number of hydrogen-bond donors (Lipinski definition) is 2. The molecular formula is C13H24N2O3. The Balaban J connectivity index is 1.69. The number of likely N-dealkylation sites (N-methyl/N-ethyl adjacent to an activating group) is 1. The van der Waals surface area contributed by atoms with Crippen LogP contribution in [0.4, 0.5) is 0 Å². The fourth-order valence-corrected chi connectivity index (χ4v) is 2.46.